The monoisotopic (exact) mass is 271 g/mol. The summed E-state index contributed by atoms with van der Waals surface area (Å²) in [5.41, 5.74) is 0. The van der Waals surface area contributed by atoms with E-state index in [1.807, 2.05) is 11.1 Å². The number of nitrogens with one attached hydrogen (secondary N) is 2. The molecule has 1 aliphatic carbocycles. The molecule has 1 heterocycles. The summed E-state index contributed by atoms with van der Waals surface area (Å²) in [6.45, 7) is 1.74. The smallest absolute Gasteiger partial charge is 0.249 e. The normalized spacial score (nSPS) is 26.7. The van der Waals surface area contributed by atoms with Crippen LogP contribution in [-0.4, -0.2) is 42.7 Å². The van der Waals surface area contributed by atoms with Crippen LogP contribution in [0.5, 0.6) is 0 Å². The minimum atomic E-state index is -0.502. The molecule has 0 aromatic rings. The molecule has 102 valence electrons. The van der Waals surface area contributed by atoms with Gasteiger partial charge in [-0.3, -0.25) is 9.63 Å². The standard InChI is InChI=1S/C12H21N3O2S/c1-13-12(18)11(16)14-10-4-2-3-7-15(17-10)8-9-5-6-9/h2-3,9-10,12-13,18H,4-8H2,1H3,(H,14,16). The van der Waals surface area contributed by atoms with Gasteiger partial charge in [-0.2, -0.15) is 17.7 Å². The molecule has 5 nitrogen and oxygen atoms in total. The van der Waals surface area contributed by atoms with E-state index in [-0.39, 0.29) is 12.1 Å². The number of nitrogens with zero attached hydrogens (tertiary/aromatic N) is 1. The van der Waals surface area contributed by atoms with Crippen molar-refractivity contribution in [2.45, 2.75) is 30.9 Å². The van der Waals surface area contributed by atoms with E-state index in [9.17, 15) is 4.79 Å². The molecular formula is C12H21N3O2S. The summed E-state index contributed by atoms with van der Waals surface area (Å²) in [7, 11) is 1.70. The Bertz CT molecular complexity index is 320. The lowest BCUT2D eigenvalue weighted by Gasteiger charge is -2.25. The van der Waals surface area contributed by atoms with Crippen LogP contribution in [0.3, 0.4) is 0 Å². The number of hydrogen-bond donors (Lipinski definition) is 3. The first-order valence-electron chi connectivity index (χ1n) is 6.41. The zero-order valence-electron chi connectivity index (χ0n) is 10.6. The van der Waals surface area contributed by atoms with Gasteiger partial charge in [0, 0.05) is 19.5 Å². The lowest BCUT2D eigenvalue weighted by molar-refractivity contribution is -0.199. The van der Waals surface area contributed by atoms with Crippen molar-refractivity contribution in [3.05, 3.63) is 12.2 Å². The topological polar surface area (TPSA) is 53.6 Å². The van der Waals surface area contributed by atoms with Gasteiger partial charge in [-0.1, -0.05) is 12.2 Å². The van der Waals surface area contributed by atoms with E-state index in [4.69, 9.17) is 4.84 Å². The van der Waals surface area contributed by atoms with Crippen LogP contribution in [0.25, 0.3) is 0 Å². The largest absolute Gasteiger partial charge is 0.327 e. The summed E-state index contributed by atoms with van der Waals surface area (Å²) in [5.74, 6) is 0.607. The highest BCUT2D eigenvalue weighted by atomic mass is 32.1. The maximum Gasteiger partial charge on any atom is 0.249 e. The second-order valence-electron chi connectivity index (χ2n) is 4.79. The number of likely N-dealkylation sites (N-methyl/N-ethyl adjacent to an activating group) is 1. The van der Waals surface area contributed by atoms with Gasteiger partial charge in [0.1, 0.15) is 5.37 Å². The summed E-state index contributed by atoms with van der Waals surface area (Å²) >= 11 is 4.13. The third kappa shape index (κ3) is 4.28. The van der Waals surface area contributed by atoms with Crippen molar-refractivity contribution in [1.82, 2.24) is 15.7 Å². The van der Waals surface area contributed by atoms with E-state index in [0.29, 0.717) is 6.42 Å². The third-order valence-electron chi connectivity index (χ3n) is 3.09. The van der Waals surface area contributed by atoms with Gasteiger partial charge in [-0.15, -0.1) is 0 Å². The summed E-state index contributed by atoms with van der Waals surface area (Å²) in [6.07, 6.45) is 7.11. The van der Waals surface area contributed by atoms with Crippen molar-refractivity contribution in [2.24, 2.45) is 5.92 Å². The van der Waals surface area contributed by atoms with Gasteiger partial charge in [0.05, 0.1) is 0 Å². The fourth-order valence-electron chi connectivity index (χ4n) is 1.84. The number of hydroxylamine groups is 2. The van der Waals surface area contributed by atoms with Crippen molar-refractivity contribution in [2.75, 3.05) is 20.1 Å². The molecule has 2 unspecified atom stereocenters. The van der Waals surface area contributed by atoms with Gasteiger partial charge < -0.3 is 10.6 Å². The van der Waals surface area contributed by atoms with Gasteiger partial charge in [0.15, 0.2) is 6.23 Å². The number of carbonyl (C=O) groups is 1. The molecule has 2 rings (SSSR count). The van der Waals surface area contributed by atoms with Crippen LogP contribution in [0.4, 0.5) is 0 Å². The Hall–Kier alpha value is -0.560. The Labute approximate surface area is 113 Å². The van der Waals surface area contributed by atoms with Gasteiger partial charge >= 0.3 is 0 Å². The maximum absolute atomic E-state index is 11.7. The number of carbonyl (C=O) groups excluding carboxylic acids is 1. The predicted molar refractivity (Wildman–Crippen MR) is 72.9 cm³/mol. The third-order valence-corrected chi connectivity index (χ3v) is 3.58. The van der Waals surface area contributed by atoms with Crippen molar-refractivity contribution < 1.29 is 9.63 Å². The van der Waals surface area contributed by atoms with Crippen molar-refractivity contribution in [3.63, 3.8) is 0 Å². The number of rotatable bonds is 5. The van der Waals surface area contributed by atoms with Crippen LogP contribution in [-0.2, 0) is 9.63 Å². The average molecular weight is 271 g/mol. The fraction of sp³-hybridized carbons (Fsp3) is 0.750. The molecule has 0 aromatic carbocycles. The summed E-state index contributed by atoms with van der Waals surface area (Å²) in [5, 5.41) is 7.07. The maximum atomic E-state index is 11.7. The van der Waals surface area contributed by atoms with E-state index < -0.39 is 5.37 Å². The predicted octanol–water partition coefficient (Wildman–Crippen LogP) is 0.507. The van der Waals surface area contributed by atoms with Crippen LogP contribution >= 0.6 is 12.6 Å². The minimum Gasteiger partial charge on any atom is -0.327 e. The Morgan fingerprint density at radius 1 is 1.56 bits per heavy atom. The van der Waals surface area contributed by atoms with Crippen molar-refractivity contribution >= 4 is 18.5 Å². The van der Waals surface area contributed by atoms with Crippen molar-refractivity contribution in [1.29, 1.82) is 0 Å². The molecule has 2 N–H and O–H groups in total. The minimum absolute atomic E-state index is 0.160. The molecule has 1 amide bonds. The fourth-order valence-corrected chi connectivity index (χ4v) is 1.91. The Kier molecular flexibility index (Phi) is 5.05. The van der Waals surface area contributed by atoms with Crippen LogP contribution in [0.15, 0.2) is 12.2 Å². The summed E-state index contributed by atoms with van der Waals surface area (Å²) in [6, 6.07) is 0. The zero-order chi connectivity index (χ0) is 13.0. The molecule has 18 heavy (non-hydrogen) atoms. The van der Waals surface area contributed by atoms with Crippen LogP contribution in [0.1, 0.15) is 19.3 Å². The Morgan fingerprint density at radius 2 is 2.33 bits per heavy atom. The van der Waals surface area contributed by atoms with Gasteiger partial charge in [-0.05, 0) is 25.8 Å². The Morgan fingerprint density at radius 3 is 3.00 bits per heavy atom. The van der Waals surface area contributed by atoms with Crippen LogP contribution < -0.4 is 10.6 Å². The van der Waals surface area contributed by atoms with E-state index >= 15 is 0 Å². The lowest BCUT2D eigenvalue weighted by Crippen LogP contribution is -2.47. The number of amides is 1. The quantitative estimate of drug-likeness (QED) is 0.387. The zero-order valence-corrected chi connectivity index (χ0v) is 11.5. The highest BCUT2D eigenvalue weighted by molar-refractivity contribution is 7.81. The van der Waals surface area contributed by atoms with E-state index in [1.54, 1.807) is 7.05 Å². The molecule has 0 spiro atoms. The molecule has 1 fully saturated rings. The van der Waals surface area contributed by atoms with E-state index in [1.165, 1.54) is 12.8 Å². The molecule has 1 saturated carbocycles. The highest BCUT2D eigenvalue weighted by Gasteiger charge is 2.27. The molecule has 6 heteroatoms. The molecule has 2 aliphatic rings. The molecule has 0 saturated heterocycles. The first-order valence-corrected chi connectivity index (χ1v) is 6.93. The van der Waals surface area contributed by atoms with Gasteiger partial charge in [0.2, 0.25) is 5.91 Å². The number of thiol groups is 1. The summed E-state index contributed by atoms with van der Waals surface area (Å²) < 4.78 is 0. The highest BCUT2D eigenvalue weighted by Crippen LogP contribution is 2.30. The van der Waals surface area contributed by atoms with Gasteiger partial charge in [0.25, 0.3) is 0 Å². The number of hydrogen-bond acceptors (Lipinski definition) is 5. The second kappa shape index (κ2) is 6.56. The van der Waals surface area contributed by atoms with E-state index in [0.717, 1.165) is 19.0 Å². The molecule has 0 radical (unpaired) electrons. The second-order valence-corrected chi connectivity index (χ2v) is 5.31. The average Bonchev–Trinajstić information content (AvgIpc) is 3.17. The first kappa shape index (κ1) is 13.9. The van der Waals surface area contributed by atoms with Crippen molar-refractivity contribution in [3.8, 4) is 0 Å². The molecule has 0 bridgehead atoms. The SMILES string of the molecule is CNC(S)C(=O)NC1CC=CCN(CC2CC2)O1. The first-order chi connectivity index (χ1) is 8.69. The van der Waals surface area contributed by atoms with Crippen LogP contribution in [0.2, 0.25) is 0 Å². The lowest BCUT2D eigenvalue weighted by atomic mass is 10.3. The van der Waals surface area contributed by atoms with Gasteiger partial charge in [-0.25, -0.2) is 0 Å². The summed E-state index contributed by atoms with van der Waals surface area (Å²) in [4.78, 5) is 17.5. The van der Waals surface area contributed by atoms with E-state index in [2.05, 4.69) is 29.3 Å². The molecular weight excluding hydrogens is 250 g/mol. The molecule has 0 aromatic heterocycles. The molecule has 2 atom stereocenters. The van der Waals surface area contributed by atoms with Crippen LogP contribution in [0, 0.1) is 5.92 Å². The molecule has 1 aliphatic heterocycles. The Balaban J connectivity index is 1.82.